The Morgan fingerprint density at radius 1 is 0.947 bits per heavy atom. The molecule has 3 unspecified atom stereocenters. The van der Waals surface area contributed by atoms with Crippen LogP contribution in [0.25, 0.3) is 0 Å². The highest BCUT2D eigenvalue weighted by Gasteiger charge is 2.32. The average molecular weight is 265 g/mol. The molecule has 3 aliphatic heterocycles. The smallest absolute Gasteiger partial charge is 0.0198 e. The summed E-state index contributed by atoms with van der Waals surface area (Å²) in [6.45, 7) is 8.93. The van der Waals surface area contributed by atoms with Crippen molar-refractivity contribution in [3.63, 3.8) is 0 Å². The van der Waals surface area contributed by atoms with E-state index in [2.05, 4.69) is 22.0 Å². The van der Waals surface area contributed by atoms with E-state index < -0.39 is 0 Å². The van der Waals surface area contributed by atoms with Gasteiger partial charge < -0.3 is 10.2 Å². The first-order chi connectivity index (χ1) is 9.35. The van der Waals surface area contributed by atoms with Crippen LogP contribution >= 0.6 is 0 Å². The van der Waals surface area contributed by atoms with Crippen molar-refractivity contribution in [1.82, 2.24) is 15.1 Å². The van der Waals surface area contributed by atoms with Gasteiger partial charge in [0.2, 0.25) is 0 Å². The lowest BCUT2D eigenvalue weighted by Gasteiger charge is -2.32. The molecule has 3 nitrogen and oxygen atoms in total. The molecular weight excluding hydrogens is 234 g/mol. The fraction of sp³-hybridized carbons (Fsp3) is 1.00. The Morgan fingerprint density at radius 2 is 1.84 bits per heavy atom. The molecule has 0 aromatic rings. The van der Waals surface area contributed by atoms with Crippen LogP contribution in [0.15, 0.2) is 0 Å². The van der Waals surface area contributed by atoms with Gasteiger partial charge in [-0.15, -0.1) is 0 Å². The fourth-order valence-corrected chi connectivity index (χ4v) is 4.34. The zero-order valence-electron chi connectivity index (χ0n) is 12.6. The van der Waals surface area contributed by atoms with Gasteiger partial charge in [0.15, 0.2) is 0 Å². The van der Waals surface area contributed by atoms with Gasteiger partial charge in [-0.05, 0) is 71.1 Å². The highest BCUT2D eigenvalue weighted by atomic mass is 15.2. The van der Waals surface area contributed by atoms with Crippen LogP contribution in [-0.2, 0) is 0 Å². The van der Waals surface area contributed by atoms with E-state index in [0.717, 1.165) is 18.1 Å². The molecule has 3 rings (SSSR count). The second-order valence-corrected chi connectivity index (χ2v) is 6.85. The molecule has 0 aliphatic carbocycles. The van der Waals surface area contributed by atoms with Crippen LogP contribution in [0, 0.1) is 0 Å². The third-order valence-electron chi connectivity index (χ3n) is 5.40. The summed E-state index contributed by atoms with van der Waals surface area (Å²) in [6, 6.07) is 2.49. The maximum absolute atomic E-state index is 3.81. The molecule has 3 aliphatic rings. The van der Waals surface area contributed by atoms with Gasteiger partial charge in [0.1, 0.15) is 0 Å². The zero-order chi connectivity index (χ0) is 13.1. The van der Waals surface area contributed by atoms with Crippen molar-refractivity contribution in [1.29, 1.82) is 0 Å². The van der Waals surface area contributed by atoms with E-state index in [1.807, 2.05) is 0 Å². The number of likely N-dealkylation sites (tertiary alicyclic amines) is 2. The van der Waals surface area contributed by atoms with Gasteiger partial charge in [-0.1, -0.05) is 6.92 Å². The predicted octanol–water partition coefficient (Wildman–Crippen LogP) is 2.08. The molecule has 19 heavy (non-hydrogen) atoms. The van der Waals surface area contributed by atoms with Gasteiger partial charge in [-0.3, -0.25) is 4.90 Å². The van der Waals surface area contributed by atoms with Crippen LogP contribution in [0.1, 0.15) is 51.9 Å². The number of rotatable bonds is 3. The minimum atomic E-state index is 0.794. The molecule has 3 saturated heterocycles. The molecule has 0 aromatic carbocycles. The topological polar surface area (TPSA) is 18.5 Å². The third kappa shape index (κ3) is 3.50. The van der Waals surface area contributed by atoms with Gasteiger partial charge in [0, 0.05) is 24.7 Å². The Morgan fingerprint density at radius 3 is 2.74 bits per heavy atom. The van der Waals surface area contributed by atoms with E-state index >= 15 is 0 Å². The molecular formula is C16H31N3. The lowest BCUT2D eigenvalue weighted by molar-refractivity contribution is 0.168. The minimum absolute atomic E-state index is 0.794. The van der Waals surface area contributed by atoms with Crippen LogP contribution < -0.4 is 5.32 Å². The average Bonchev–Trinajstić information content (AvgIpc) is 2.60. The van der Waals surface area contributed by atoms with Gasteiger partial charge in [0.25, 0.3) is 0 Å². The second-order valence-electron chi connectivity index (χ2n) is 6.85. The van der Waals surface area contributed by atoms with Crippen molar-refractivity contribution in [3.05, 3.63) is 0 Å². The first-order valence-corrected chi connectivity index (χ1v) is 8.57. The lowest BCUT2D eigenvalue weighted by Crippen LogP contribution is -2.42. The third-order valence-corrected chi connectivity index (χ3v) is 5.40. The number of hydrogen-bond acceptors (Lipinski definition) is 3. The van der Waals surface area contributed by atoms with Crippen molar-refractivity contribution in [2.45, 2.75) is 70.0 Å². The van der Waals surface area contributed by atoms with Gasteiger partial charge in [0.05, 0.1) is 0 Å². The standard InChI is InChI=1S/C16H31N3/c1-2-9-18-10-3-4-16(8-11-18)19-12-7-14-5-6-15(13-19)17-14/h14-17H,2-13H2,1H3. The van der Waals surface area contributed by atoms with E-state index in [9.17, 15) is 0 Å². The summed E-state index contributed by atoms with van der Waals surface area (Å²) in [4.78, 5) is 5.51. The molecule has 0 saturated carbocycles. The normalized spacial score (nSPS) is 38.1. The monoisotopic (exact) mass is 265 g/mol. The summed E-state index contributed by atoms with van der Waals surface area (Å²) >= 11 is 0. The SMILES string of the molecule is CCCN1CCCC(N2CCC3CCC(C2)N3)CC1. The molecule has 0 amide bonds. The molecule has 3 fully saturated rings. The lowest BCUT2D eigenvalue weighted by atomic mass is 10.0. The van der Waals surface area contributed by atoms with Crippen molar-refractivity contribution < 1.29 is 0 Å². The van der Waals surface area contributed by atoms with E-state index in [1.54, 1.807) is 0 Å². The Kier molecular flexibility index (Phi) is 4.78. The first kappa shape index (κ1) is 13.8. The fourth-order valence-electron chi connectivity index (χ4n) is 4.34. The molecule has 3 atom stereocenters. The summed E-state index contributed by atoms with van der Waals surface area (Å²) in [5.41, 5.74) is 0. The van der Waals surface area contributed by atoms with Gasteiger partial charge in [-0.25, -0.2) is 0 Å². The zero-order valence-corrected chi connectivity index (χ0v) is 12.6. The van der Waals surface area contributed by atoms with Gasteiger partial charge in [-0.2, -0.15) is 0 Å². The molecule has 110 valence electrons. The first-order valence-electron chi connectivity index (χ1n) is 8.57. The number of fused-ring (bicyclic) bond motifs is 2. The van der Waals surface area contributed by atoms with Crippen LogP contribution in [0.3, 0.4) is 0 Å². The van der Waals surface area contributed by atoms with Gasteiger partial charge >= 0.3 is 0 Å². The largest absolute Gasteiger partial charge is 0.310 e. The van der Waals surface area contributed by atoms with Crippen LogP contribution in [0.5, 0.6) is 0 Å². The van der Waals surface area contributed by atoms with E-state index in [1.165, 1.54) is 77.7 Å². The molecule has 3 heterocycles. The van der Waals surface area contributed by atoms with Crippen LogP contribution in [0.2, 0.25) is 0 Å². The van der Waals surface area contributed by atoms with Crippen molar-refractivity contribution in [2.24, 2.45) is 0 Å². The maximum Gasteiger partial charge on any atom is 0.0198 e. The van der Waals surface area contributed by atoms with E-state index in [4.69, 9.17) is 0 Å². The van der Waals surface area contributed by atoms with Crippen LogP contribution in [0.4, 0.5) is 0 Å². The number of hydrogen-bond donors (Lipinski definition) is 1. The summed E-state index contributed by atoms with van der Waals surface area (Å²) in [5, 5.41) is 3.81. The van der Waals surface area contributed by atoms with E-state index in [0.29, 0.717) is 0 Å². The minimum Gasteiger partial charge on any atom is -0.310 e. The molecule has 1 N–H and O–H groups in total. The second kappa shape index (κ2) is 6.55. The molecule has 2 bridgehead atoms. The highest BCUT2D eigenvalue weighted by Crippen LogP contribution is 2.25. The summed E-state index contributed by atoms with van der Waals surface area (Å²) in [7, 11) is 0. The van der Waals surface area contributed by atoms with Crippen molar-refractivity contribution >= 4 is 0 Å². The highest BCUT2D eigenvalue weighted by molar-refractivity contribution is 4.92. The molecule has 0 spiro atoms. The molecule has 0 aromatic heterocycles. The summed E-state index contributed by atoms with van der Waals surface area (Å²) < 4.78 is 0. The molecule has 0 radical (unpaired) electrons. The number of nitrogens with zero attached hydrogens (tertiary/aromatic N) is 2. The quantitative estimate of drug-likeness (QED) is 0.843. The van der Waals surface area contributed by atoms with Crippen LogP contribution in [-0.4, -0.2) is 60.6 Å². The summed E-state index contributed by atoms with van der Waals surface area (Å²) in [5.74, 6) is 0. The predicted molar refractivity (Wildman–Crippen MR) is 80.5 cm³/mol. The maximum atomic E-state index is 3.81. The van der Waals surface area contributed by atoms with E-state index in [-0.39, 0.29) is 0 Å². The summed E-state index contributed by atoms with van der Waals surface area (Å²) in [6.07, 6.45) is 9.76. The Balaban J connectivity index is 1.53. The number of nitrogens with one attached hydrogen (secondary N) is 1. The molecule has 3 heteroatoms. The Bertz CT molecular complexity index is 281. The Hall–Kier alpha value is -0.120. The van der Waals surface area contributed by atoms with Crippen molar-refractivity contribution in [2.75, 3.05) is 32.7 Å². The van der Waals surface area contributed by atoms with Crippen molar-refractivity contribution in [3.8, 4) is 0 Å². The Labute approximate surface area is 118 Å².